The van der Waals surface area contributed by atoms with E-state index in [9.17, 15) is 9.59 Å². The van der Waals surface area contributed by atoms with Crippen LogP contribution in [-0.4, -0.2) is 32.2 Å². The van der Waals surface area contributed by atoms with E-state index in [2.05, 4.69) is 10.2 Å². The molecule has 0 unspecified atom stereocenters. The van der Waals surface area contributed by atoms with Crippen LogP contribution in [0.5, 0.6) is 0 Å². The second kappa shape index (κ2) is 7.01. The molecule has 6 nitrogen and oxygen atoms in total. The SMILES string of the molecule is O=C(Nc1ccc(N2CCOCC2)cc1)c1cc2ccccc2oc1=O. The van der Waals surface area contributed by atoms with E-state index >= 15 is 0 Å². The molecule has 1 saturated heterocycles. The Labute approximate surface area is 150 Å². The first-order valence-corrected chi connectivity index (χ1v) is 8.48. The zero-order chi connectivity index (χ0) is 17.9. The number of hydrogen-bond acceptors (Lipinski definition) is 5. The van der Waals surface area contributed by atoms with Crippen LogP contribution in [0.2, 0.25) is 0 Å². The highest BCUT2D eigenvalue weighted by Crippen LogP contribution is 2.20. The first kappa shape index (κ1) is 16.4. The molecule has 1 N–H and O–H groups in total. The predicted molar refractivity (Wildman–Crippen MR) is 99.9 cm³/mol. The Kier molecular flexibility index (Phi) is 4.41. The third-order valence-electron chi connectivity index (χ3n) is 4.39. The van der Waals surface area contributed by atoms with E-state index in [4.69, 9.17) is 9.15 Å². The molecule has 1 aliphatic heterocycles. The van der Waals surface area contributed by atoms with Gasteiger partial charge in [0.2, 0.25) is 0 Å². The van der Waals surface area contributed by atoms with Crippen LogP contribution in [0.15, 0.2) is 63.8 Å². The van der Waals surface area contributed by atoms with Crippen molar-refractivity contribution < 1.29 is 13.9 Å². The lowest BCUT2D eigenvalue weighted by Crippen LogP contribution is -2.36. The summed E-state index contributed by atoms with van der Waals surface area (Å²) in [5.74, 6) is -0.483. The fraction of sp³-hybridized carbons (Fsp3) is 0.200. The number of para-hydroxylation sites is 1. The number of nitrogens with zero attached hydrogens (tertiary/aromatic N) is 1. The standard InChI is InChI=1S/C20H18N2O4/c23-19(17-13-14-3-1-2-4-18(14)26-20(17)24)21-15-5-7-16(8-6-15)22-9-11-25-12-10-22/h1-8,13H,9-12H2,(H,21,23). The van der Waals surface area contributed by atoms with E-state index in [0.29, 0.717) is 16.7 Å². The van der Waals surface area contributed by atoms with Gasteiger partial charge in [0, 0.05) is 29.9 Å². The Morgan fingerprint density at radius 2 is 1.73 bits per heavy atom. The highest BCUT2D eigenvalue weighted by molar-refractivity contribution is 6.05. The van der Waals surface area contributed by atoms with Crippen molar-refractivity contribution in [2.24, 2.45) is 0 Å². The maximum Gasteiger partial charge on any atom is 0.349 e. The second-order valence-electron chi connectivity index (χ2n) is 6.09. The smallest absolute Gasteiger partial charge is 0.349 e. The third kappa shape index (κ3) is 3.32. The number of anilines is 2. The van der Waals surface area contributed by atoms with Gasteiger partial charge in [-0.2, -0.15) is 0 Å². The number of amides is 1. The lowest BCUT2D eigenvalue weighted by atomic mass is 10.1. The van der Waals surface area contributed by atoms with Gasteiger partial charge < -0.3 is 19.4 Å². The monoisotopic (exact) mass is 350 g/mol. The van der Waals surface area contributed by atoms with Gasteiger partial charge >= 0.3 is 5.63 Å². The predicted octanol–water partition coefficient (Wildman–Crippen LogP) is 2.88. The summed E-state index contributed by atoms with van der Waals surface area (Å²) in [5.41, 5.74) is 1.51. The Bertz CT molecular complexity index is 989. The van der Waals surface area contributed by atoms with Crippen LogP contribution in [0, 0.1) is 0 Å². The molecule has 2 heterocycles. The summed E-state index contributed by atoms with van der Waals surface area (Å²) in [6.07, 6.45) is 0. The molecule has 1 fully saturated rings. The molecule has 1 aromatic heterocycles. The van der Waals surface area contributed by atoms with Gasteiger partial charge in [-0.3, -0.25) is 4.79 Å². The molecule has 0 bridgehead atoms. The molecule has 1 aliphatic rings. The van der Waals surface area contributed by atoms with E-state index in [1.165, 1.54) is 0 Å². The lowest BCUT2D eigenvalue weighted by Gasteiger charge is -2.28. The van der Waals surface area contributed by atoms with E-state index in [1.54, 1.807) is 24.3 Å². The van der Waals surface area contributed by atoms with Crippen LogP contribution in [0.3, 0.4) is 0 Å². The summed E-state index contributed by atoms with van der Waals surface area (Å²) in [4.78, 5) is 26.8. The minimum absolute atomic E-state index is 0.0130. The number of ether oxygens (including phenoxy) is 1. The molecule has 1 amide bonds. The summed E-state index contributed by atoms with van der Waals surface area (Å²) in [6.45, 7) is 3.14. The molecule has 0 atom stereocenters. The quantitative estimate of drug-likeness (QED) is 0.736. The van der Waals surface area contributed by atoms with Crippen molar-refractivity contribution in [3.8, 4) is 0 Å². The van der Waals surface area contributed by atoms with Crippen LogP contribution in [-0.2, 0) is 4.74 Å². The van der Waals surface area contributed by atoms with Gasteiger partial charge in [0.25, 0.3) is 5.91 Å². The minimum Gasteiger partial charge on any atom is -0.422 e. The maximum absolute atomic E-state index is 12.5. The number of morpholine rings is 1. The number of hydrogen-bond donors (Lipinski definition) is 1. The van der Waals surface area contributed by atoms with Gasteiger partial charge in [-0.25, -0.2) is 4.79 Å². The first-order chi connectivity index (χ1) is 12.7. The summed E-state index contributed by atoms with van der Waals surface area (Å²) in [5, 5.41) is 3.46. The van der Waals surface area contributed by atoms with E-state index in [-0.39, 0.29) is 5.56 Å². The van der Waals surface area contributed by atoms with Crippen molar-refractivity contribution in [3.63, 3.8) is 0 Å². The summed E-state index contributed by atoms with van der Waals surface area (Å²) in [7, 11) is 0. The fourth-order valence-electron chi connectivity index (χ4n) is 3.00. The van der Waals surface area contributed by atoms with Crippen molar-refractivity contribution in [1.82, 2.24) is 0 Å². The first-order valence-electron chi connectivity index (χ1n) is 8.48. The van der Waals surface area contributed by atoms with Gasteiger partial charge in [-0.1, -0.05) is 18.2 Å². The van der Waals surface area contributed by atoms with Gasteiger partial charge in [0.1, 0.15) is 11.1 Å². The molecule has 0 saturated carbocycles. The van der Waals surface area contributed by atoms with E-state index in [1.807, 2.05) is 30.3 Å². The lowest BCUT2D eigenvalue weighted by molar-refractivity contribution is 0.102. The Hall–Kier alpha value is -3.12. The molecule has 6 heteroatoms. The normalized spacial score (nSPS) is 14.4. The molecule has 132 valence electrons. The topological polar surface area (TPSA) is 71.8 Å². The van der Waals surface area contributed by atoms with Gasteiger partial charge in [0.15, 0.2) is 0 Å². The van der Waals surface area contributed by atoms with Crippen LogP contribution >= 0.6 is 0 Å². The molecule has 0 spiro atoms. The molecule has 26 heavy (non-hydrogen) atoms. The second-order valence-corrected chi connectivity index (χ2v) is 6.09. The van der Waals surface area contributed by atoms with Crippen LogP contribution in [0.1, 0.15) is 10.4 Å². The molecule has 0 aliphatic carbocycles. The summed E-state index contributed by atoms with van der Waals surface area (Å²) < 4.78 is 10.6. The van der Waals surface area contributed by atoms with Gasteiger partial charge in [-0.05, 0) is 36.4 Å². The fourth-order valence-corrected chi connectivity index (χ4v) is 3.00. The number of carbonyl (C=O) groups excluding carboxylic acids is 1. The average molecular weight is 350 g/mol. The number of fused-ring (bicyclic) bond motifs is 1. The molecule has 2 aromatic carbocycles. The Balaban J connectivity index is 1.52. The summed E-state index contributed by atoms with van der Waals surface area (Å²) >= 11 is 0. The largest absolute Gasteiger partial charge is 0.422 e. The summed E-state index contributed by atoms with van der Waals surface area (Å²) in [6, 6.07) is 16.2. The Morgan fingerprint density at radius 3 is 2.50 bits per heavy atom. The number of nitrogens with one attached hydrogen (secondary N) is 1. The molecular weight excluding hydrogens is 332 g/mol. The van der Waals surface area contributed by atoms with Crippen LogP contribution in [0.25, 0.3) is 11.0 Å². The van der Waals surface area contributed by atoms with Crippen molar-refractivity contribution in [3.05, 3.63) is 70.6 Å². The van der Waals surface area contributed by atoms with Gasteiger partial charge in [0.05, 0.1) is 13.2 Å². The number of carbonyl (C=O) groups is 1. The van der Waals surface area contributed by atoms with Crippen molar-refractivity contribution >= 4 is 28.3 Å². The number of rotatable bonds is 3. The van der Waals surface area contributed by atoms with Crippen LogP contribution < -0.4 is 15.8 Å². The maximum atomic E-state index is 12.5. The van der Waals surface area contributed by atoms with Gasteiger partial charge in [-0.15, -0.1) is 0 Å². The highest BCUT2D eigenvalue weighted by atomic mass is 16.5. The van der Waals surface area contributed by atoms with Crippen molar-refractivity contribution in [2.75, 3.05) is 36.5 Å². The van der Waals surface area contributed by atoms with E-state index < -0.39 is 11.5 Å². The average Bonchev–Trinajstić information content (AvgIpc) is 2.68. The third-order valence-corrected chi connectivity index (χ3v) is 4.39. The zero-order valence-corrected chi connectivity index (χ0v) is 14.1. The Morgan fingerprint density at radius 1 is 1.00 bits per heavy atom. The highest BCUT2D eigenvalue weighted by Gasteiger charge is 2.15. The molecule has 3 aromatic rings. The van der Waals surface area contributed by atoms with Crippen molar-refractivity contribution in [1.29, 1.82) is 0 Å². The zero-order valence-electron chi connectivity index (χ0n) is 14.1. The van der Waals surface area contributed by atoms with Crippen molar-refractivity contribution in [2.45, 2.75) is 0 Å². The molecule has 0 radical (unpaired) electrons. The number of benzene rings is 2. The molecule has 4 rings (SSSR count). The molecular formula is C20H18N2O4. The van der Waals surface area contributed by atoms with E-state index in [0.717, 1.165) is 32.0 Å². The minimum atomic E-state index is -0.647. The van der Waals surface area contributed by atoms with Crippen LogP contribution in [0.4, 0.5) is 11.4 Å².